The molecule has 6 nitrogen and oxygen atoms in total. The summed E-state index contributed by atoms with van der Waals surface area (Å²) in [6.07, 6.45) is 4.48. The van der Waals surface area contributed by atoms with Gasteiger partial charge in [-0.1, -0.05) is 6.07 Å². The topological polar surface area (TPSA) is 75.4 Å². The highest BCUT2D eigenvalue weighted by Crippen LogP contribution is 2.30. The van der Waals surface area contributed by atoms with Crippen molar-refractivity contribution in [1.29, 1.82) is 0 Å². The maximum atomic E-state index is 13.6. The monoisotopic (exact) mass is 357 g/mol. The molecule has 2 heterocycles. The molecule has 1 aliphatic carbocycles. The Balaban J connectivity index is 1.74. The van der Waals surface area contributed by atoms with Gasteiger partial charge < -0.3 is 10.0 Å². The third-order valence-electron chi connectivity index (χ3n) is 5.23. The van der Waals surface area contributed by atoms with Crippen molar-refractivity contribution >= 4 is 11.9 Å². The van der Waals surface area contributed by atoms with E-state index in [0.717, 1.165) is 43.4 Å². The van der Waals surface area contributed by atoms with Crippen molar-refractivity contribution in [3.63, 3.8) is 0 Å². The molecule has 7 heteroatoms. The highest BCUT2D eigenvalue weighted by atomic mass is 19.1. The van der Waals surface area contributed by atoms with Gasteiger partial charge in [-0.2, -0.15) is 5.10 Å². The number of likely N-dealkylation sites (tertiary alicyclic amines) is 1. The van der Waals surface area contributed by atoms with E-state index in [1.54, 1.807) is 16.8 Å². The fourth-order valence-corrected chi connectivity index (χ4v) is 4.00. The zero-order chi connectivity index (χ0) is 18.3. The summed E-state index contributed by atoms with van der Waals surface area (Å²) >= 11 is 0. The van der Waals surface area contributed by atoms with Gasteiger partial charge in [0.05, 0.1) is 5.69 Å². The van der Waals surface area contributed by atoms with Crippen LogP contribution in [-0.2, 0) is 17.6 Å². The molecule has 1 atom stereocenters. The van der Waals surface area contributed by atoms with Crippen LogP contribution in [-0.4, -0.2) is 44.3 Å². The van der Waals surface area contributed by atoms with Gasteiger partial charge in [-0.15, -0.1) is 0 Å². The average molecular weight is 357 g/mol. The van der Waals surface area contributed by atoms with Gasteiger partial charge in [-0.05, 0) is 56.7 Å². The van der Waals surface area contributed by atoms with E-state index >= 15 is 0 Å². The summed E-state index contributed by atoms with van der Waals surface area (Å²) in [6.45, 7) is 0.428. The first-order chi connectivity index (χ1) is 12.6. The van der Waals surface area contributed by atoms with Crippen LogP contribution in [0, 0.1) is 5.82 Å². The fraction of sp³-hybridized carbons (Fsp3) is 0.421. The van der Waals surface area contributed by atoms with Gasteiger partial charge in [0.15, 0.2) is 5.69 Å². The van der Waals surface area contributed by atoms with E-state index in [-0.39, 0.29) is 11.7 Å². The number of benzene rings is 1. The Morgan fingerprint density at radius 2 is 2.04 bits per heavy atom. The highest BCUT2D eigenvalue weighted by molar-refractivity contribution is 5.96. The largest absolute Gasteiger partial charge is 0.480 e. The quantitative estimate of drug-likeness (QED) is 0.916. The van der Waals surface area contributed by atoms with Crippen molar-refractivity contribution in [3.05, 3.63) is 47.0 Å². The van der Waals surface area contributed by atoms with Gasteiger partial charge in [0.1, 0.15) is 11.9 Å². The minimum atomic E-state index is -0.973. The Kier molecular flexibility index (Phi) is 4.22. The van der Waals surface area contributed by atoms with E-state index in [4.69, 9.17) is 0 Å². The Morgan fingerprint density at radius 1 is 1.19 bits per heavy atom. The number of fused-ring (bicyclic) bond motifs is 1. The fourth-order valence-electron chi connectivity index (χ4n) is 4.00. The van der Waals surface area contributed by atoms with Gasteiger partial charge in [0, 0.05) is 17.8 Å². The minimum absolute atomic E-state index is 0.315. The van der Waals surface area contributed by atoms with E-state index < -0.39 is 12.0 Å². The maximum Gasteiger partial charge on any atom is 0.326 e. The molecular weight excluding hydrogens is 337 g/mol. The van der Waals surface area contributed by atoms with E-state index in [1.807, 2.05) is 0 Å². The lowest BCUT2D eigenvalue weighted by atomic mass is 10.0. The third-order valence-corrected chi connectivity index (χ3v) is 5.23. The molecule has 0 radical (unpaired) electrons. The second-order valence-corrected chi connectivity index (χ2v) is 6.87. The molecule has 0 spiro atoms. The number of aliphatic carboxylic acids is 1. The van der Waals surface area contributed by atoms with Crippen LogP contribution >= 0.6 is 0 Å². The first-order valence-corrected chi connectivity index (χ1v) is 8.97. The molecule has 136 valence electrons. The summed E-state index contributed by atoms with van der Waals surface area (Å²) in [7, 11) is 0. The number of piperidine rings is 1. The van der Waals surface area contributed by atoms with E-state index in [1.165, 1.54) is 17.0 Å². The van der Waals surface area contributed by atoms with Crippen LogP contribution in [0.15, 0.2) is 24.3 Å². The zero-order valence-electron chi connectivity index (χ0n) is 14.3. The Morgan fingerprint density at radius 3 is 2.81 bits per heavy atom. The number of nitrogens with zero attached hydrogens (tertiary/aromatic N) is 3. The van der Waals surface area contributed by atoms with Crippen LogP contribution < -0.4 is 0 Å². The van der Waals surface area contributed by atoms with Crippen molar-refractivity contribution in [1.82, 2.24) is 14.7 Å². The number of aromatic nitrogens is 2. The van der Waals surface area contributed by atoms with Gasteiger partial charge in [0.25, 0.3) is 5.91 Å². The van der Waals surface area contributed by atoms with Crippen molar-refractivity contribution in [3.8, 4) is 5.69 Å². The lowest BCUT2D eigenvalue weighted by Crippen LogP contribution is -2.48. The molecule has 1 aromatic heterocycles. The summed E-state index contributed by atoms with van der Waals surface area (Å²) in [5.74, 6) is -1.66. The molecule has 1 aromatic carbocycles. The van der Waals surface area contributed by atoms with Crippen LogP contribution in [0.2, 0.25) is 0 Å². The van der Waals surface area contributed by atoms with Gasteiger partial charge >= 0.3 is 5.97 Å². The molecule has 0 unspecified atom stereocenters. The summed E-state index contributed by atoms with van der Waals surface area (Å²) in [6, 6.07) is 5.32. The molecule has 26 heavy (non-hydrogen) atoms. The lowest BCUT2D eigenvalue weighted by Gasteiger charge is -2.32. The molecule has 2 aromatic rings. The predicted octanol–water partition coefficient (Wildman–Crippen LogP) is 2.58. The molecule has 2 aliphatic rings. The van der Waals surface area contributed by atoms with Crippen molar-refractivity contribution in [2.24, 2.45) is 0 Å². The SMILES string of the molecule is O=C(O)[C@H]1CCCCN1C(=O)c1nn(-c2cccc(F)c2)c2c1CCC2. The molecule has 1 amide bonds. The van der Waals surface area contributed by atoms with Crippen LogP contribution in [0.1, 0.15) is 47.4 Å². The number of amides is 1. The molecule has 4 rings (SSSR count). The Labute approximate surface area is 150 Å². The summed E-state index contributed by atoms with van der Waals surface area (Å²) in [5, 5.41) is 13.9. The average Bonchev–Trinajstić information content (AvgIpc) is 3.23. The van der Waals surface area contributed by atoms with E-state index in [0.29, 0.717) is 24.3 Å². The summed E-state index contributed by atoms with van der Waals surface area (Å²) in [5.41, 5.74) is 2.68. The summed E-state index contributed by atoms with van der Waals surface area (Å²) in [4.78, 5) is 26.1. The number of carbonyl (C=O) groups excluding carboxylic acids is 1. The van der Waals surface area contributed by atoms with Crippen molar-refractivity contribution in [2.45, 2.75) is 44.6 Å². The number of hydrogen-bond acceptors (Lipinski definition) is 3. The standard InChI is InChI=1S/C19H20FN3O3/c20-12-5-3-6-13(11-12)23-15-9-4-7-14(15)17(21-23)18(24)22-10-2-1-8-16(22)19(25)26/h3,5-6,11,16H,1-2,4,7-10H2,(H,25,26)/t16-/m1/s1. The number of carboxylic acids is 1. The maximum absolute atomic E-state index is 13.6. The predicted molar refractivity (Wildman–Crippen MR) is 91.9 cm³/mol. The van der Waals surface area contributed by atoms with Crippen LogP contribution in [0.25, 0.3) is 5.69 Å². The molecule has 1 saturated heterocycles. The number of halogens is 1. The number of carbonyl (C=O) groups is 2. The zero-order valence-corrected chi connectivity index (χ0v) is 14.3. The second-order valence-electron chi connectivity index (χ2n) is 6.87. The normalized spacial score (nSPS) is 19.4. The molecule has 1 fully saturated rings. The Bertz CT molecular complexity index is 877. The molecule has 1 aliphatic heterocycles. The van der Waals surface area contributed by atoms with E-state index in [2.05, 4.69) is 5.10 Å². The molecule has 0 bridgehead atoms. The smallest absolute Gasteiger partial charge is 0.326 e. The number of rotatable bonds is 3. The molecule has 1 N–H and O–H groups in total. The number of carboxylic acid groups (broad SMARTS) is 1. The first-order valence-electron chi connectivity index (χ1n) is 8.97. The van der Waals surface area contributed by atoms with Gasteiger partial charge in [0.2, 0.25) is 0 Å². The third kappa shape index (κ3) is 2.77. The lowest BCUT2D eigenvalue weighted by molar-refractivity contribution is -0.143. The van der Waals surface area contributed by atoms with E-state index in [9.17, 15) is 19.1 Å². The van der Waals surface area contributed by atoms with Crippen LogP contribution in [0.4, 0.5) is 4.39 Å². The highest BCUT2D eigenvalue weighted by Gasteiger charge is 2.36. The summed E-state index contributed by atoms with van der Waals surface area (Å²) < 4.78 is 15.3. The van der Waals surface area contributed by atoms with Gasteiger partial charge in [-0.3, -0.25) is 4.79 Å². The van der Waals surface area contributed by atoms with Crippen molar-refractivity contribution in [2.75, 3.05) is 6.54 Å². The minimum Gasteiger partial charge on any atom is -0.480 e. The van der Waals surface area contributed by atoms with Gasteiger partial charge in [-0.25, -0.2) is 13.9 Å². The van der Waals surface area contributed by atoms with Crippen LogP contribution in [0.5, 0.6) is 0 Å². The second kappa shape index (κ2) is 6.55. The molecule has 0 saturated carbocycles. The van der Waals surface area contributed by atoms with Crippen molar-refractivity contribution < 1.29 is 19.1 Å². The van der Waals surface area contributed by atoms with Crippen LogP contribution in [0.3, 0.4) is 0 Å². The number of hydrogen-bond donors (Lipinski definition) is 1. The Hall–Kier alpha value is -2.70. The molecular formula is C19H20FN3O3. The first kappa shape index (κ1) is 16.8.